The van der Waals surface area contributed by atoms with E-state index < -0.39 is 10.8 Å². The molecule has 0 bridgehead atoms. The number of nitrogens with zero attached hydrogens (tertiary/aromatic N) is 2. The Morgan fingerprint density at radius 3 is 2.72 bits per heavy atom. The molecule has 0 radical (unpaired) electrons. The van der Waals surface area contributed by atoms with E-state index in [-0.39, 0.29) is 22.7 Å². The van der Waals surface area contributed by atoms with Crippen molar-refractivity contribution < 1.29 is 14.5 Å². The van der Waals surface area contributed by atoms with Crippen LogP contribution in [0.2, 0.25) is 0 Å². The fourth-order valence-electron chi connectivity index (χ4n) is 2.01. The van der Waals surface area contributed by atoms with E-state index in [9.17, 15) is 20.2 Å². The van der Waals surface area contributed by atoms with E-state index in [0.29, 0.717) is 5.56 Å². The Hall–Kier alpha value is -3.18. The number of hydrogen-bond donors (Lipinski definition) is 1. The van der Waals surface area contributed by atoms with E-state index in [4.69, 9.17) is 4.74 Å². The van der Waals surface area contributed by atoms with Gasteiger partial charge in [-0.1, -0.05) is 28.1 Å². The second-order valence-electron chi connectivity index (χ2n) is 4.82. The molecular weight excluding hydrogens is 390 g/mol. The van der Waals surface area contributed by atoms with Crippen LogP contribution in [0.3, 0.4) is 0 Å². The summed E-state index contributed by atoms with van der Waals surface area (Å²) < 4.78 is 5.89. The third-order valence-corrected chi connectivity index (χ3v) is 3.66. The predicted octanol–water partition coefficient (Wildman–Crippen LogP) is 3.91. The molecule has 126 valence electrons. The van der Waals surface area contributed by atoms with Crippen LogP contribution in [0.25, 0.3) is 6.08 Å². The summed E-state index contributed by atoms with van der Waals surface area (Å²) in [6.45, 7) is 0. The molecule has 7 nitrogen and oxygen atoms in total. The van der Waals surface area contributed by atoms with E-state index in [1.165, 1.54) is 31.4 Å². The number of non-ortho nitro benzene ring substituents is 1. The van der Waals surface area contributed by atoms with Crippen molar-refractivity contribution in [2.24, 2.45) is 0 Å². The Morgan fingerprint density at radius 1 is 1.36 bits per heavy atom. The van der Waals surface area contributed by atoms with Gasteiger partial charge in [0.15, 0.2) is 0 Å². The fourth-order valence-corrected chi connectivity index (χ4v) is 2.43. The Kier molecular flexibility index (Phi) is 5.87. The van der Waals surface area contributed by atoms with Crippen LogP contribution in [0.4, 0.5) is 11.4 Å². The molecule has 0 saturated heterocycles. The largest absolute Gasteiger partial charge is 0.495 e. The zero-order valence-corrected chi connectivity index (χ0v) is 14.6. The minimum Gasteiger partial charge on any atom is -0.495 e. The molecule has 0 aliphatic heterocycles. The van der Waals surface area contributed by atoms with Crippen molar-refractivity contribution in [2.45, 2.75) is 0 Å². The van der Waals surface area contributed by atoms with Gasteiger partial charge < -0.3 is 10.1 Å². The lowest BCUT2D eigenvalue weighted by Crippen LogP contribution is -2.14. The number of nitriles is 1. The maximum atomic E-state index is 12.3. The molecule has 0 aliphatic rings. The molecule has 0 aromatic heterocycles. The molecule has 1 N–H and O–H groups in total. The van der Waals surface area contributed by atoms with Crippen LogP contribution in [0, 0.1) is 21.4 Å². The molecule has 8 heteroatoms. The molecular formula is C17H12BrN3O4. The molecule has 0 spiro atoms. The number of amides is 1. The van der Waals surface area contributed by atoms with E-state index in [2.05, 4.69) is 21.2 Å². The monoisotopic (exact) mass is 401 g/mol. The minimum atomic E-state index is -0.693. The molecule has 0 aliphatic carbocycles. The summed E-state index contributed by atoms with van der Waals surface area (Å²) in [6, 6.07) is 12.7. The summed E-state index contributed by atoms with van der Waals surface area (Å²) in [6.07, 6.45) is 1.42. The van der Waals surface area contributed by atoms with Gasteiger partial charge in [-0.2, -0.15) is 5.26 Å². The minimum absolute atomic E-state index is 0.108. The maximum Gasteiger partial charge on any atom is 0.271 e. The molecule has 0 fully saturated rings. The Labute approximate surface area is 151 Å². The number of nitro groups is 1. The van der Waals surface area contributed by atoms with Crippen LogP contribution in [0.15, 0.2) is 52.5 Å². The number of nitro benzene ring substituents is 1. The van der Waals surface area contributed by atoms with Gasteiger partial charge in [0.1, 0.15) is 17.4 Å². The molecule has 2 aromatic carbocycles. The van der Waals surface area contributed by atoms with Crippen LogP contribution in [-0.2, 0) is 4.79 Å². The number of hydrogen-bond acceptors (Lipinski definition) is 5. The average Bonchev–Trinajstić information content (AvgIpc) is 2.59. The van der Waals surface area contributed by atoms with Crippen molar-refractivity contribution >= 4 is 39.3 Å². The smallest absolute Gasteiger partial charge is 0.271 e. The van der Waals surface area contributed by atoms with Crippen molar-refractivity contribution in [1.82, 2.24) is 0 Å². The predicted molar refractivity (Wildman–Crippen MR) is 96.0 cm³/mol. The highest BCUT2D eigenvalue weighted by Gasteiger charge is 2.16. The fraction of sp³-hybridized carbons (Fsp3) is 0.0588. The highest BCUT2D eigenvalue weighted by atomic mass is 79.9. The lowest BCUT2D eigenvalue weighted by Gasteiger charge is -2.09. The summed E-state index contributed by atoms with van der Waals surface area (Å²) >= 11 is 3.31. The lowest BCUT2D eigenvalue weighted by atomic mass is 10.1. The Morgan fingerprint density at radius 2 is 2.12 bits per heavy atom. The summed E-state index contributed by atoms with van der Waals surface area (Å²) in [7, 11) is 1.37. The molecule has 2 rings (SSSR count). The first-order chi connectivity index (χ1) is 11.9. The molecule has 2 aromatic rings. The van der Waals surface area contributed by atoms with Crippen molar-refractivity contribution in [3.63, 3.8) is 0 Å². The summed E-state index contributed by atoms with van der Waals surface area (Å²) in [5, 5.41) is 22.6. The number of halogens is 1. The zero-order chi connectivity index (χ0) is 18.4. The number of methoxy groups -OCH3 is 1. The first kappa shape index (κ1) is 18.2. The van der Waals surface area contributed by atoms with Crippen LogP contribution in [0.5, 0.6) is 5.75 Å². The number of anilines is 1. The van der Waals surface area contributed by atoms with Crippen LogP contribution < -0.4 is 10.1 Å². The summed E-state index contributed by atoms with van der Waals surface area (Å²) in [5.41, 5.74) is 0.418. The first-order valence-electron chi connectivity index (χ1n) is 6.95. The number of rotatable bonds is 5. The van der Waals surface area contributed by atoms with E-state index >= 15 is 0 Å². The van der Waals surface area contributed by atoms with Crippen LogP contribution >= 0.6 is 15.9 Å². The van der Waals surface area contributed by atoms with Gasteiger partial charge in [-0.05, 0) is 29.8 Å². The van der Waals surface area contributed by atoms with Gasteiger partial charge in [0.2, 0.25) is 0 Å². The second-order valence-corrected chi connectivity index (χ2v) is 5.74. The van der Waals surface area contributed by atoms with Crippen LogP contribution in [0.1, 0.15) is 5.56 Å². The molecule has 0 unspecified atom stereocenters. The number of ether oxygens (including phenoxy) is 1. The Balaban J connectivity index is 2.32. The third kappa shape index (κ3) is 4.65. The molecule has 1 amide bonds. The van der Waals surface area contributed by atoms with Crippen molar-refractivity contribution in [2.75, 3.05) is 12.4 Å². The average molecular weight is 402 g/mol. The Bertz CT molecular complexity index is 903. The number of carbonyl (C=O) groups excluding carboxylic acids is 1. The van der Waals surface area contributed by atoms with Gasteiger partial charge in [0.25, 0.3) is 11.6 Å². The standard InChI is InChI=1S/C17H12BrN3O4/c1-25-16-6-5-14(21(23)24)9-15(16)20-17(22)12(10-19)7-11-3-2-4-13(18)8-11/h2-9H,1H3,(H,20,22)/b12-7+. The van der Waals surface area contributed by atoms with E-state index in [0.717, 1.165) is 4.47 Å². The number of carbonyl (C=O) groups is 1. The second kappa shape index (κ2) is 8.08. The van der Waals surface area contributed by atoms with E-state index in [1.807, 2.05) is 12.1 Å². The van der Waals surface area contributed by atoms with Crippen molar-refractivity contribution in [1.29, 1.82) is 5.26 Å². The summed E-state index contributed by atoms with van der Waals surface area (Å²) in [5.74, 6) is -0.444. The maximum absolute atomic E-state index is 12.3. The molecule has 0 atom stereocenters. The lowest BCUT2D eigenvalue weighted by molar-refractivity contribution is -0.384. The topological polar surface area (TPSA) is 105 Å². The van der Waals surface area contributed by atoms with Gasteiger partial charge in [-0.3, -0.25) is 14.9 Å². The van der Waals surface area contributed by atoms with Crippen molar-refractivity contribution in [3.05, 3.63) is 68.2 Å². The third-order valence-electron chi connectivity index (χ3n) is 3.17. The van der Waals surface area contributed by atoms with Gasteiger partial charge >= 0.3 is 0 Å². The molecule has 0 saturated carbocycles. The SMILES string of the molecule is COc1ccc([N+](=O)[O-])cc1NC(=O)/C(C#N)=C/c1cccc(Br)c1. The number of benzene rings is 2. The van der Waals surface area contributed by atoms with Crippen LogP contribution in [-0.4, -0.2) is 17.9 Å². The van der Waals surface area contributed by atoms with Gasteiger partial charge in [0, 0.05) is 16.6 Å². The quantitative estimate of drug-likeness (QED) is 0.353. The zero-order valence-electron chi connectivity index (χ0n) is 13.0. The van der Waals surface area contributed by atoms with E-state index in [1.54, 1.807) is 18.2 Å². The van der Waals surface area contributed by atoms with Gasteiger partial charge in [-0.15, -0.1) is 0 Å². The highest BCUT2D eigenvalue weighted by Crippen LogP contribution is 2.29. The highest BCUT2D eigenvalue weighted by molar-refractivity contribution is 9.10. The first-order valence-corrected chi connectivity index (χ1v) is 7.75. The normalized spacial score (nSPS) is 10.7. The molecule has 0 heterocycles. The van der Waals surface area contributed by atoms with Crippen molar-refractivity contribution in [3.8, 4) is 11.8 Å². The molecule has 25 heavy (non-hydrogen) atoms. The van der Waals surface area contributed by atoms with Gasteiger partial charge in [-0.25, -0.2) is 0 Å². The number of nitrogens with one attached hydrogen (secondary N) is 1. The van der Waals surface area contributed by atoms with Gasteiger partial charge in [0.05, 0.1) is 17.7 Å². The summed E-state index contributed by atoms with van der Waals surface area (Å²) in [4.78, 5) is 22.6.